The number of benzene rings is 2. The molecule has 3 saturated carbocycles. The van der Waals surface area contributed by atoms with Gasteiger partial charge in [-0.1, -0.05) is 23.7 Å². The number of nitrogens with one attached hydrogen (secondary N) is 1. The number of Topliss-reactive ketones (excluding diaryl/α,β-unsaturated/α-hetero) is 1. The molecule has 0 atom stereocenters. The number of ketones is 1. The maximum absolute atomic E-state index is 13.5. The minimum Gasteiger partial charge on any atom is -0.486 e. The van der Waals surface area contributed by atoms with E-state index in [9.17, 15) is 14.0 Å². The van der Waals surface area contributed by atoms with E-state index in [0.29, 0.717) is 13.0 Å². The molecular formula is C26H30ClFN2O4. The summed E-state index contributed by atoms with van der Waals surface area (Å²) in [5.41, 5.74) is 2.08. The Balaban J connectivity index is 1.10. The van der Waals surface area contributed by atoms with Crippen LogP contribution in [0, 0.1) is 11.2 Å². The molecule has 0 aromatic heterocycles. The summed E-state index contributed by atoms with van der Waals surface area (Å²) in [6.45, 7) is 0.417. The fraction of sp³-hybridized carbons (Fsp3) is 0.462. The minimum absolute atomic E-state index is 0.0141. The Bertz CT molecular complexity index is 1040. The summed E-state index contributed by atoms with van der Waals surface area (Å²) in [5.74, 6) is -0.443. The molecule has 0 unspecified atom stereocenters. The molecule has 3 fully saturated rings. The van der Waals surface area contributed by atoms with Gasteiger partial charge in [0.2, 0.25) is 5.91 Å². The summed E-state index contributed by atoms with van der Waals surface area (Å²) in [7, 11) is 4.01. The lowest BCUT2D eigenvalue weighted by atomic mass is 9.38. The van der Waals surface area contributed by atoms with E-state index in [4.69, 9.17) is 21.1 Å². The molecule has 2 aromatic rings. The van der Waals surface area contributed by atoms with Crippen molar-refractivity contribution in [2.45, 2.75) is 37.6 Å². The number of carbonyl (C=O) groups excluding carboxylic acids is 2. The van der Waals surface area contributed by atoms with Gasteiger partial charge in [-0.3, -0.25) is 9.59 Å². The molecule has 0 heterocycles. The van der Waals surface area contributed by atoms with Gasteiger partial charge >= 0.3 is 0 Å². The first kappa shape index (κ1) is 24.5. The van der Waals surface area contributed by atoms with Gasteiger partial charge in [0.15, 0.2) is 5.78 Å². The van der Waals surface area contributed by atoms with Crippen molar-refractivity contribution >= 4 is 29.0 Å². The van der Waals surface area contributed by atoms with E-state index in [-0.39, 0.29) is 46.6 Å². The number of amides is 1. The predicted octanol–water partition coefficient (Wildman–Crippen LogP) is 4.18. The summed E-state index contributed by atoms with van der Waals surface area (Å²) in [4.78, 5) is 26.6. The fourth-order valence-electron chi connectivity index (χ4n) is 5.17. The third kappa shape index (κ3) is 5.70. The van der Waals surface area contributed by atoms with E-state index >= 15 is 0 Å². The van der Waals surface area contributed by atoms with E-state index < -0.39 is 5.82 Å². The summed E-state index contributed by atoms with van der Waals surface area (Å²) < 4.78 is 24.4. The zero-order valence-corrected chi connectivity index (χ0v) is 20.3. The van der Waals surface area contributed by atoms with Crippen molar-refractivity contribution < 1.29 is 23.5 Å². The first-order valence-corrected chi connectivity index (χ1v) is 11.8. The van der Waals surface area contributed by atoms with Crippen LogP contribution in [-0.2, 0) is 20.7 Å². The number of carbonyl (C=O) groups is 2. The molecule has 0 aliphatic heterocycles. The van der Waals surface area contributed by atoms with Crippen LogP contribution in [0.2, 0.25) is 5.02 Å². The van der Waals surface area contributed by atoms with Gasteiger partial charge in [-0.25, -0.2) is 4.39 Å². The van der Waals surface area contributed by atoms with Crippen molar-refractivity contribution in [2.24, 2.45) is 5.41 Å². The fourth-order valence-corrected chi connectivity index (χ4v) is 5.28. The Labute approximate surface area is 204 Å². The van der Waals surface area contributed by atoms with Gasteiger partial charge in [-0.15, -0.1) is 0 Å². The smallest absolute Gasteiger partial charge is 0.246 e. The average Bonchev–Trinajstić information content (AvgIpc) is 2.75. The van der Waals surface area contributed by atoms with E-state index in [1.165, 1.54) is 23.8 Å². The van der Waals surface area contributed by atoms with Crippen LogP contribution in [0.4, 0.5) is 10.1 Å². The Kier molecular flexibility index (Phi) is 7.14. The maximum atomic E-state index is 13.5. The molecule has 182 valence electrons. The van der Waals surface area contributed by atoms with Crippen LogP contribution in [0.5, 0.6) is 5.75 Å². The quantitative estimate of drug-likeness (QED) is 0.454. The molecular weight excluding hydrogens is 459 g/mol. The number of nitrogens with zero attached hydrogens (tertiary/aromatic N) is 1. The SMILES string of the molecule is CN(C)c1ccc(CCOCC(=O)NC23CC(CC(=O)COc4ccc(Cl)c(F)c4)(C2)C3)cc1. The molecule has 3 aliphatic carbocycles. The minimum atomic E-state index is -0.577. The van der Waals surface area contributed by atoms with Gasteiger partial charge in [-0.05, 0) is 60.9 Å². The summed E-state index contributed by atoms with van der Waals surface area (Å²) in [6, 6.07) is 12.4. The van der Waals surface area contributed by atoms with Crippen molar-refractivity contribution in [3.63, 3.8) is 0 Å². The van der Waals surface area contributed by atoms with Crippen LogP contribution in [0.1, 0.15) is 31.2 Å². The third-order valence-corrected chi connectivity index (χ3v) is 6.94. The highest BCUT2D eigenvalue weighted by Crippen LogP contribution is 2.68. The number of halogens is 2. The first-order valence-electron chi connectivity index (χ1n) is 11.4. The van der Waals surface area contributed by atoms with Crippen molar-refractivity contribution in [1.29, 1.82) is 0 Å². The van der Waals surface area contributed by atoms with Crippen molar-refractivity contribution in [1.82, 2.24) is 5.32 Å². The van der Waals surface area contributed by atoms with Gasteiger partial charge in [-0.2, -0.15) is 0 Å². The van der Waals surface area contributed by atoms with Gasteiger partial charge in [0, 0.05) is 37.8 Å². The molecule has 0 radical (unpaired) electrons. The highest BCUT2D eigenvalue weighted by atomic mass is 35.5. The molecule has 6 nitrogen and oxygen atoms in total. The van der Waals surface area contributed by atoms with E-state index in [1.54, 1.807) is 0 Å². The highest BCUT2D eigenvalue weighted by Gasteiger charge is 2.68. The number of hydrogen-bond acceptors (Lipinski definition) is 5. The topological polar surface area (TPSA) is 67.9 Å². The second-order valence-corrected chi connectivity index (χ2v) is 10.2. The second-order valence-electron chi connectivity index (χ2n) is 9.80. The Morgan fingerprint density at radius 1 is 1.09 bits per heavy atom. The number of rotatable bonds is 12. The molecule has 3 aliphatic rings. The van der Waals surface area contributed by atoms with Crippen LogP contribution < -0.4 is 15.0 Å². The Morgan fingerprint density at radius 2 is 1.79 bits per heavy atom. The van der Waals surface area contributed by atoms with Gasteiger partial charge in [0.1, 0.15) is 24.8 Å². The summed E-state index contributed by atoms with van der Waals surface area (Å²) in [6.07, 6.45) is 3.55. The van der Waals surface area contributed by atoms with Gasteiger partial charge < -0.3 is 19.7 Å². The standard InChI is InChI=1S/C26H30ClFN2O4/c1-30(2)19-5-3-18(4-6-19)9-10-33-14-24(32)29-26-15-25(16-26,17-26)12-20(31)13-34-21-7-8-22(27)23(28)11-21/h3-8,11H,9-10,12-17H2,1-2H3,(H,29,32). The molecule has 1 N–H and O–H groups in total. The van der Waals surface area contributed by atoms with Gasteiger partial charge in [0.05, 0.1) is 11.6 Å². The number of ether oxygens (including phenoxy) is 2. The molecule has 0 spiro atoms. The predicted molar refractivity (Wildman–Crippen MR) is 129 cm³/mol. The number of anilines is 1. The van der Waals surface area contributed by atoms with Crippen LogP contribution >= 0.6 is 11.6 Å². The molecule has 1 amide bonds. The lowest BCUT2D eigenvalue weighted by Crippen LogP contribution is -2.75. The van der Waals surface area contributed by atoms with Crippen LogP contribution in [0.25, 0.3) is 0 Å². The van der Waals surface area contributed by atoms with Gasteiger partial charge in [0.25, 0.3) is 0 Å². The largest absolute Gasteiger partial charge is 0.486 e. The summed E-state index contributed by atoms with van der Waals surface area (Å²) >= 11 is 5.65. The monoisotopic (exact) mass is 488 g/mol. The summed E-state index contributed by atoms with van der Waals surface area (Å²) in [5, 5.41) is 3.09. The Morgan fingerprint density at radius 3 is 2.44 bits per heavy atom. The zero-order valence-electron chi connectivity index (χ0n) is 19.5. The first-order chi connectivity index (χ1) is 16.2. The van der Waals surface area contributed by atoms with E-state index in [1.807, 2.05) is 19.0 Å². The molecule has 34 heavy (non-hydrogen) atoms. The van der Waals surface area contributed by atoms with E-state index in [2.05, 4.69) is 29.6 Å². The molecule has 0 saturated heterocycles. The lowest BCUT2D eigenvalue weighted by Gasteiger charge is -2.70. The maximum Gasteiger partial charge on any atom is 0.246 e. The van der Waals surface area contributed by atoms with Crippen LogP contribution in [0.15, 0.2) is 42.5 Å². The third-order valence-electron chi connectivity index (χ3n) is 6.63. The van der Waals surface area contributed by atoms with Crippen molar-refractivity contribution in [2.75, 3.05) is 38.8 Å². The average molecular weight is 489 g/mol. The van der Waals surface area contributed by atoms with Crippen molar-refractivity contribution in [3.8, 4) is 5.75 Å². The lowest BCUT2D eigenvalue weighted by molar-refractivity contribution is -0.174. The zero-order chi connectivity index (χ0) is 24.3. The molecule has 2 bridgehead atoms. The second kappa shape index (κ2) is 9.92. The number of hydrogen-bond donors (Lipinski definition) is 1. The van der Waals surface area contributed by atoms with Crippen LogP contribution in [-0.4, -0.2) is 51.1 Å². The molecule has 5 rings (SSSR count). The van der Waals surface area contributed by atoms with Crippen molar-refractivity contribution in [3.05, 3.63) is 58.9 Å². The molecule has 2 aromatic carbocycles. The molecule has 8 heteroatoms. The van der Waals surface area contributed by atoms with E-state index in [0.717, 1.165) is 31.4 Å². The Hall–Kier alpha value is -2.64. The van der Waals surface area contributed by atoms with Crippen LogP contribution in [0.3, 0.4) is 0 Å². The normalized spacial score (nSPS) is 22.4. The highest BCUT2D eigenvalue weighted by molar-refractivity contribution is 6.30.